The maximum atomic E-state index is 12.7. The monoisotopic (exact) mass is 1070 g/mol. The van der Waals surface area contributed by atoms with E-state index in [-0.39, 0.29) is 118 Å². The minimum Gasteiger partial charge on any atom is -0.371 e. The SMILES string of the molecule is C=CCn1c(=O)n(CC2CO2)c(=O)n(CC2CO2)c1=O.CC1(C)C(=O)N(CC2CO2)C(=O)N1CC1CO1.CCC1(CC)C(=O)N(CC2CO2)C(=O)N(CC2CO2)C1=O.Cn1c(=O)n(CC2CO2)c(=O)n(CC2CO2)c1=O. The molecule has 8 unspecified atom stereocenters. The highest BCUT2D eigenvalue weighted by Crippen LogP contribution is 2.37. The highest BCUT2D eigenvalue weighted by atomic mass is 16.6. The van der Waals surface area contributed by atoms with Crippen LogP contribution < -0.4 is 34.1 Å². The molecule has 10 aliphatic heterocycles. The fraction of sp³-hybridized carbons (Fsp3) is 0.723. The van der Waals surface area contributed by atoms with Crippen LogP contribution in [0.3, 0.4) is 0 Å². The van der Waals surface area contributed by atoms with Gasteiger partial charge >= 0.3 is 46.2 Å². The van der Waals surface area contributed by atoms with E-state index in [0.29, 0.717) is 78.8 Å². The molecule has 29 nitrogen and oxygen atoms in total. The number of carbonyl (C=O) groups is 5. The normalized spacial score (nSPS) is 28.4. The van der Waals surface area contributed by atoms with E-state index in [0.717, 1.165) is 27.4 Å². The first-order valence-electron chi connectivity index (χ1n) is 25.4. The Morgan fingerprint density at radius 1 is 0.421 bits per heavy atom. The summed E-state index contributed by atoms with van der Waals surface area (Å²) in [6.07, 6.45) is 1.74. The predicted molar refractivity (Wildman–Crippen MR) is 257 cm³/mol. The maximum Gasteiger partial charge on any atom is 0.336 e. The van der Waals surface area contributed by atoms with E-state index in [2.05, 4.69) is 6.58 Å². The molecule has 416 valence electrons. The van der Waals surface area contributed by atoms with Crippen molar-refractivity contribution in [2.24, 2.45) is 12.5 Å². The van der Waals surface area contributed by atoms with Gasteiger partial charge in [-0.05, 0) is 26.7 Å². The Balaban J connectivity index is 0.000000124. The third-order valence-electron chi connectivity index (χ3n) is 14.4. The third-order valence-corrected chi connectivity index (χ3v) is 14.4. The Morgan fingerprint density at radius 3 is 1.00 bits per heavy atom. The van der Waals surface area contributed by atoms with Gasteiger partial charge in [0.1, 0.15) is 11.0 Å². The predicted octanol–water partition coefficient (Wildman–Crippen LogP) is -4.13. The number of urea groups is 2. The number of epoxide rings is 8. The number of imide groups is 3. The van der Waals surface area contributed by atoms with Crippen molar-refractivity contribution in [3.05, 3.63) is 75.6 Å². The van der Waals surface area contributed by atoms with Crippen molar-refractivity contribution in [1.82, 2.24) is 47.0 Å². The molecular weight excluding hydrogens is 1010 g/mol. The van der Waals surface area contributed by atoms with Crippen molar-refractivity contribution in [3.8, 4) is 0 Å². The summed E-state index contributed by atoms with van der Waals surface area (Å²) in [5, 5.41) is 0. The topological polar surface area (TPSA) is 331 Å². The molecule has 12 heterocycles. The van der Waals surface area contributed by atoms with Crippen molar-refractivity contribution in [3.63, 3.8) is 0 Å². The summed E-state index contributed by atoms with van der Waals surface area (Å²) in [5.41, 5.74) is -5.54. The zero-order valence-electron chi connectivity index (χ0n) is 43.1. The van der Waals surface area contributed by atoms with Crippen LogP contribution in [0.25, 0.3) is 0 Å². The number of nitrogens with zero attached hydrogens (tertiary/aromatic N) is 10. The van der Waals surface area contributed by atoms with Gasteiger partial charge in [0.25, 0.3) is 5.91 Å². The summed E-state index contributed by atoms with van der Waals surface area (Å²) >= 11 is 0. The number of ether oxygens (including phenoxy) is 8. The van der Waals surface area contributed by atoms with Crippen LogP contribution in [0, 0.1) is 5.41 Å². The summed E-state index contributed by atoms with van der Waals surface area (Å²) < 4.78 is 46.7. The molecule has 8 atom stereocenters. The lowest BCUT2D eigenvalue weighted by molar-refractivity contribution is -0.159. The first-order chi connectivity index (χ1) is 36.2. The van der Waals surface area contributed by atoms with Gasteiger partial charge in [0, 0.05) is 7.05 Å². The molecule has 12 rings (SSSR count). The molecule has 0 N–H and O–H groups in total. The van der Waals surface area contributed by atoms with Gasteiger partial charge in [0.15, 0.2) is 0 Å². The van der Waals surface area contributed by atoms with Crippen LogP contribution in [0.1, 0.15) is 40.5 Å². The third kappa shape index (κ3) is 12.0. The van der Waals surface area contributed by atoms with E-state index in [1.165, 1.54) is 27.8 Å². The van der Waals surface area contributed by atoms with Gasteiger partial charge in [-0.3, -0.25) is 29.1 Å². The molecule has 7 amide bonds. The van der Waals surface area contributed by atoms with Crippen LogP contribution in [0.15, 0.2) is 41.4 Å². The Hall–Kier alpha value is -6.21. The van der Waals surface area contributed by atoms with Gasteiger partial charge in [-0.15, -0.1) is 6.58 Å². The van der Waals surface area contributed by atoms with Gasteiger partial charge < -0.3 is 42.8 Å². The molecule has 10 aliphatic rings. The lowest BCUT2D eigenvalue weighted by atomic mass is 9.78. The van der Waals surface area contributed by atoms with Crippen LogP contribution >= 0.6 is 0 Å². The number of aromatic nitrogens is 6. The van der Waals surface area contributed by atoms with E-state index >= 15 is 0 Å². The zero-order chi connectivity index (χ0) is 54.5. The maximum absolute atomic E-state index is 12.7. The molecule has 10 saturated heterocycles. The highest BCUT2D eigenvalue weighted by molar-refractivity contribution is 6.19. The minimum atomic E-state index is -1.13. The smallest absolute Gasteiger partial charge is 0.336 e. The average molecular weight is 1070 g/mol. The van der Waals surface area contributed by atoms with Gasteiger partial charge in [-0.25, -0.2) is 65.8 Å². The second kappa shape index (κ2) is 21.7. The molecule has 2 aromatic rings. The number of allylic oxidation sites excluding steroid dienone is 1. The van der Waals surface area contributed by atoms with Crippen molar-refractivity contribution < 1.29 is 61.9 Å². The van der Waals surface area contributed by atoms with Crippen LogP contribution in [-0.4, -0.2) is 210 Å². The fourth-order valence-corrected chi connectivity index (χ4v) is 8.85. The van der Waals surface area contributed by atoms with E-state index in [1.807, 2.05) is 13.8 Å². The van der Waals surface area contributed by atoms with Gasteiger partial charge in [0.2, 0.25) is 11.8 Å². The fourth-order valence-electron chi connectivity index (χ4n) is 8.85. The van der Waals surface area contributed by atoms with E-state index in [1.54, 1.807) is 18.7 Å². The van der Waals surface area contributed by atoms with E-state index < -0.39 is 51.1 Å². The quantitative estimate of drug-likeness (QED) is 0.0526. The number of rotatable bonds is 20. The summed E-state index contributed by atoms with van der Waals surface area (Å²) in [5.74, 6) is -0.907. The largest absolute Gasteiger partial charge is 0.371 e. The molecule has 2 aromatic heterocycles. The minimum absolute atomic E-state index is 0.0378. The Morgan fingerprint density at radius 2 is 0.697 bits per heavy atom. The molecule has 0 bridgehead atoms. The molecule has 10 fully saturated rings. The number of amides is 7. The Labute approximate surface area is 432 Å². The number of carbonyl (C=O) groups excluding carboxylic acids is 5. The second-order valence-electron chi connectivity index (χ2n) is 20.5. The van der Waals surface area contributed by atoms with Gasteiger partial charge in [0.05, 0.1) is 161 Å². The molecular formula is C47H64N10O19. The van der Waals surface area contributed by atoms with Crippen molar-refractivity contribution in [1.29, 1.82) is 0 Å². The van der Waals surface area contributed by atoms with Crippen molar-refractivity contribution in [2.75, 3.05) is 79.0 Å². The average Bonchev–Trinajstić information content (AvgIpc) is 4.21. The molecule has 0 saturated carbocycles. The molecule has 0 radical (unpaired) electrons. The van der Waals surface area contributed by atoms with Crippen LogP contribution in [0.4, 0.5) is 9.59 Å². The summed E-state index contributed by atoms with van der Waals surface area (Å²) in [6, 6.07) is -0.750. The van der Waals surface area contributed by atoms with Crippen LogP contribution in [0.5, 0.6) is 0 Å². The van der Waals surface area contributed by atoms with E-state index in [9.17, 15) is 52.7 Å². The highest BCUT2D eigenvalue weighted by Gasteiger charge is 2.57. The second-order valence-corrected chi connectivity index (χ2v) is 20.5. The van der Waals surface area contributed by atoms with Crippen molar-refractivity contribution in [2.45, 2.75) is 128 Å². The molecule has 0 aliphatic carbocycles. The summed E-state index contributed by atoms with van der Waals surface area (Å²) in [7, 11) is 1.36. The molecule has 0 spiro atoms. The first kappa shape index (κ1) is 54.6. The lowest BCUT2D eigenvalue weighted by Crippen LogP contribution is -2.66. The summed E-state index contributed by atoms with van der Waals surface area (Å²) in [6.45, 7) is 17.4. The molecule has 29 heteroatoms. The summed E-state index contributed by atoms with van der Waals surface area (Å²) in [4.78, 5) is 140. The first-order valence-corrected chi connectivity index (χ1v) is 25.4. The number of barbiturate groups is 1. The molecule has 0 aromatic carbocycles. The van der Waals surface area contributed by atoms with Crippen LogP contribution in [-0.2, 0) is 92.0 Å². The van der Waals surface area contributed by atoms with Crippen LogP contribution in [0.2, 0.25) is 0 Å². The number of hydrogen-bond acceptors (Lipinski definition) is 19. The van der Waals surface area contributed by atoms with Crippen molar-refractivity contribution >= 4 is 29.8 Å². The van der Waals surface area contributed by atoms with E-state index in [4.69, 9.17) is 37.9 Å². The lowest BCUT2D eigenvalue weighted by Gasteiger charge is -2.43. The number of hydrogen-bond donors (Lipinski definition) is 0. The Bertz CT molecular complexity index is 2850. The van der Waals surface area contributed by atoms with Gasteiger partial charge in [-0.2, -0.15) is 0 Å². The Kier molecular flexibility index (Phi) is 15.6. The standard InChI is InChI=1S/C14H20N2O5.C12H15N3O5.C11H16N2O4.C10H13N3O5/c1-3-14(4-2)11(17)15(5-9-7-20-9)13(19)16(12(14)18)6-10-8-21-10;1-2-3-13-10(16)14(4-8-6-19-8)12(18)15(11(13)17)5-9-7-20-9;1-11(2)9(14)12(3-7-5-16-7)10(15)13(11)4-8-6-17-8;1-11-8(14)12(2-6-4-17-6)10(16)13(9(11)15)3-7-5-18-7/h9-10H,3-8H2,1-2H3;2,8-9H,1,3-7H2;7-8H,3-6H2,1-2H3;6-7H,2-5H2,1H3. The molecule has 76 heavy (non-hydrogen) atoms. The van der Waals surface area contributed by atoms with Gasteiger partial charge in [-0.1, -0.05) is 19.9 Å². The zero-order valence-corrected chi connectivity index (χ0v) is 43.1.